The van der Waals surface area contributed by atoms with E-state index < -0.39 is 24.3 Å². The number of benzene rings is 1. The van der Waals surface area contributed by atoms with Gasteiger partial charge in [-0.15, -0.1) is 0 Å². The Bertz CT molecular complexity index is 781. The van der Waals surface area contributed by atoms with Crippen molar-refractivity contribution in [1.82, 2.24) is 15.5 Å². The minimum absolute atomic E-state index is 0.114. The van der Waals surface area contributed by atoms with E-state index in [1.165, 1.54) is 18.6 Å². The van der Waals surface area contributed by atoms with Crippen LogP contribution in [0.2, 0.25) is 10.0 Å². The number of halogens is 2. The predicted molar refractivity (Wildman–Crippen MR) is 104 cm³/mol. The van der Waals surface area contributed by atoms with E-state index in [-0.39, 0.29) is 46.1 Å². The fourth-order valence-electron chi connectivity index (χ4n) is 3.49. The number of nitrogens with zero attached hydrogens (tertiary/aromatic N) is 1. The van der Waals surface area contributed by atoms with E-state index in [1.807, 2.05) is 0 Å². The molecule has 0 unspecified atom stereocenters. The van der Waals surface area contributed by atoms with E-state index in [1.54, 1.807) is 0 Å². The zero-order valence-corrected chi connectivity index (χ0v) is 16.7. The Kier molecular flexibility index (Phi) is 6.57. The van der Waals surface area contributed by atoms with Gasteiger partial charge < -0.3 is 10.6 Å². The number of carbonyl (C=O) groups is 4. The third-order valence-electron chi connectivity index (χ3n) is 4.96. The lowest BCUT2D eigenvalue weighted by Crippen LogP contribution is -2.42. The van der Waals surface area contributed by atoms with Gasteiger partial charge in [-0.2, -0.15) is 0 Å². The number of carbonyl (C=O) groups excluding carboxylic acids is 4. The second-order valence-corrected chi connectivity index (χ2v) is 7.83. The first-order valence-corrected chi connectivity index (χ1v) is 10.0. The van der Waals surface area contributed by atoms with E-state index in [0.717, 1.165) is 30.6 Å². The van der Waals surface area contributed by atoms with Gasteiger partial charge in [-0.05, 0) is 25.0 Å². The van der Waals surface area contributed by atoms with Gasteiger partial charge in [0.25, 0.3) is 11.8 Å². The number of amides is 4. The summed E-state index contributed by atoms with van der Waals surface area (Å²) in [7, 11) is 0. The molecule has 2 aliphatic rings. The molecule has 1 aliphatic heterocycles. The SMILES string of the molecule is O=C(CN1C(=O)c2cc(Cl)c(Cl)cc2C1=O)NCCC(=O)NC1CCCCC1. The van der Waals surface area contributed by atoms with E-state index >= 15 is 0 Å². The van der Waals surface area contributed by atoms with E-state index in [9.17, 15) is 19.2 Å². The lowest BCUT2D eigenvalue weighted by molar-refractivity contribution is -0.123. The summed E-state index contributed by atoms with van der Waals surface area (Å²) in [6.07, 6.45) is 5.59. The fraction of sp³-hybridized carbons (Fsp3) is 0.474. The van der Waals surface area contributed by atoms with Gasteiger partial charge in [-0.25, -0.2) is 0 Å². The van der Waals surface area contributed by atoms with E-state index in [0.29, 0.717) is 0 Å². The van der Waals surface area contributed by atoms with Crippen molar-refractivity contribution >= 4 is 46.8 Å². The zero-order valence-electron chi connectivity index (χ0n) is 15.2. The van der Waals surface area contributed by atoms with Gasteiger partial charge in [0.15, 0.2) is 0 Å². The minimum atomic E-state index is -0.594. The van der Waals surface area contributed by atoms with Crippen molar-refractivity contribution in [3.63, 3.8) is 0 Å². The first kappa shape index (κ1) is 20.6. The van der Waals surface area contributed by atoms with Crippen molar-refractivity contribution in [3.05, 3.63) is 33.3 Å². The zero-order chi connectivity index (χ0) is 20.3. The highest BCUT2D eigenvalue weighted by Crippen LogP contribution is 2.31. The molecule has 2 N–H and O–H groups in total. The third-order valence-corrected chi connectivity index (χ3v) is 5.68. The molecule has 9 heteroatoms. The Hall–Kier alpha value is -2.12. The molecular weight excluding hydrogens is 405 g/mol. The van der Waals surface area contributed by atoms with Crippen LogP contribution in [-0.2, 0) is 9.59 Å². The van der Waals surface area contributed by atoms with Gasteiger partial charge >= 0.3 is 0 Å². The van der Waals surface area contributed by atoms with Crippen LogP contribution < -0.4 is 10.6 Å². The molecule has 0 saturated heterocycles. The summed E-state index contributed by atoms with van der Waals surface area (Å²) in [5.74, 6) is -1.82. The van der Waals surface area contributed by atoms with Crippen LogP contribution in [0.1, 0.15) is 59.2 Å². The van der Waals surface area contributed by atoms with Crippen molar-refractivity contribution in [2.24, 2.45) is 0 Å². The first-order chi connectivity index (χ1) is 13.4. The molecular formula is C19H21Cl2N3O4. The van der Waals surface area contributed by atoms with Crippen molar-refractivity contribution in [2.75, 3.05) is 13.1 Å². The summed E-state index contributed by atoms with van der Waals surface area (Å²) >= 11 is 11.8. The number of rotatable bonds is 6. The minimum Gasteiger partial charge on any atom is -0.354 e. The normalized spacial score (nSPS) is 16.9. The summed E-state index contributed by atoms with van der Waals surface area (Å²) in [5.41, 5.74) is 0.248. The lowest BCUT2D eigenvalue weighted by atomic mass is 9.95. The van der Waals surface area contributed by atoms with Crippen LogP contribution in [0.25, 0.3) is 0 Å². The maximum Gasteiger partial charge on any atom is 0.262 e. The van der Waals surface area contributed by atoms with Crippen LogP contribution in [0.5, 0.6) is 0 Å². The number of hydrogen-bond acceptors (Lipinski definition) is 4. The second-order valence-electron chi connectivity index (χ2n) is 7.01. The van der Waals surface area contributed by atoms with Gasteiger partial charge in [0, 0.05) is 19.0 Å². The molecule has 1 aromatic rings. The molecule has 7 nitrogen and oxygen atoms in total. The Morgan fingerprint density at radius 3 is 2.11 bits per heavy atom. The first-order valence-electron chi connectivity index (χ1n) is 9.28. The highest BCUT2D eigenvalue weighted by molar-refractivity contribution is 6.43. The van der Waals surface area contributed by atoms with Crippen LogP contribution in [0.3, 0.4) is 0 Å². The van der Waals surface area contributed by atoms with Crippen LogP contribution in [0.4, 0.5) is 0 Å². The summed E-state index contributed by atoms with van der Waals surface area (Å²) in [6.45, 7) is -0.288. The Balaban J connectivity index is 1.46. The molecule has 1 fully saturated rings. The Morgan fingerprint density at radius 2 is 1.54 bits per heavy atom. The van der Waals surface area contributed by atoms with Crippen molar-refractivity contribution in [2.45, 2.75) is 44.6 Å². The molecule has 1 aliphatic carbocycles. The van der Waals surface area contributed by atoms with Gasteiger partial charge in [0.1, 0.15) is 6.54 Å². The molecule has 1 saturated carbocycles. The summed E-state index contributed by atoms with van der Waals surface area (Å²) in [5, 5.41) is 5.87. The summed E-state index contributed by atoms with van der Waals surface area (Å²) in [6, 6.07) is 2.87. The highest BCUT2D eigenvalue weighted by atomic mass is 35.5. The van der Waals surface area contributed by atoms with Gasteiger partial charge in [-0.3, -0.25) is 24.1 Å². The summed E-state index contributed by atoms with van der Waals surface area (Å²) in [4.78, 5) is 49.6. The number of fused-ring (bicyclic) bond motifs is 1. The molecule has 150 valence electrons. The lowest BCUT2D eigenvalue weighted by Gasteiger charge is -2.22. The molecule has 3 rings (SSSR count). The molecule has 1 heterocycles. The van der Waals surface area contributed by atoms with Crippen LogP contribution >= 0.6 is 23.2 Å². The van der Waals surface area contributed by atoms with E-state index in [4.69, 9.17) is 23.2 Å². The molecule has 0 bridgehead atoms. The average Bonchev–Trinajstić information content (AvgIpc) is 2.87. The smallest absolute Gasteiger partial charge is 0.262 e. The fourth-order valence-corrected chi connectivity index (χ4v) is 3.82. The standard InChI is InChI=1S/C19H21Cl2N3O4/c20-14-8-12-13(9-15(14)21)19(28)24(18(12)27)10-17(26)22-7-6-16(25)23-11-4-2-1-3-5-11/h8-9,11H,1-7,10H2,(H,22,26)(H,23,25). The highest BCUT2D eigenvalue weighted by Gasteiger charge is 2.37. The van der Waals surface area contributed by atoms with E-state index in [2.05, 4.69) is 10.6 Å². The molecule has 0 atom stereocenters. The molecule has 0 spiro atoms. The molecule has 0 radical (unpaired) electrons. The van der Waals surface area contributed by atoms with Crippen molar-refractivity contribution < 1.29 is 19.2 Å². The maximum absolute atomic E-state index is 12.4. The maximum atomic E-state index is 12.4. The number of imide groups is 1. The third kappa shape index (κ3) is 4.64. The predicted octanol–water partition coefficient (Wildman–Crippen LogP) is 2.54. The number of nitrogens with one attached hydrogen (secondary N) is 2. The summed E-state index contributed by atoms with van der Waals surface area (Å²) < 4.78 is 0. The Morgan fingerprint density at radius 1 is 0.964 bits per heavy atom. The second kappa shape index (κ2) is 8.92. The topological polar surface area (TPSA) is 95.6 Å². The average molecular weight is 426 g/mol. The van der Waals surface area contributed by atoms with Crippen molar-refractivity contribution in [1.29, 1.82) is 0 Å². The molecule has 0 aromatic heterocycles. The largest absolute Gasteiger partial charge is 0.354 e. The number of hydrogen-bond donors (Lipinski definition) is 2. The van der Waals surface area contributed by atoms with Crippen LogP contribution in [-0.4, -0.2) is 47.7 Å². The molecule has 4 amide bonds. The van der Waals surface area contributed by atoms with Gasteiger partial charge in [0.2, 0.25) is 11.8 Å². The molecule has 1 aromatic carbocycles. The Labute approximate surface area is 172 Å². The molecule has 28 heavy (non-hydrogen) atoms. The van der Waals surface area contributed by atoms with Gasteiger partial charge in [-0.1, -0.05) is 42.5 Å². The van der Waals surface area contributed by atoms with Crippen LogP contribution in [0, 0.1) is 0 Å². The van der Waals surface area contributed by atoms with Crippen molar-refractivity contribution in [3.8, 4) is 0 Å². The quantitative estimate of drug-likeness (QED) is 0.684. The van der Waals surface area contributed by atoms with Gasteiger partial charge in [0.05, 0.1) is 21.2 Å². The van der Waals surface area contributed by atoms with Crippen LogP contribution in [0.15, 0.2) is 12.1 Å². The monoisotopic (exact) mass is 425 g/mol.